The third-order valence-corrected chi connectivity index (χ3v) is 2.46. The summed E-state index contributed by atoms with van der Waals surface area (Å²) in [5.41, 5.74) is 1.43. The van der Waals surface area contributed by atoms with E-state index in [9.17, 15) is 13.2 Å². The number of nitrogens with zero attached hydrogens (tertiary/aromatic N) is 1. The number of methoxy groups -OCH3 is 1. The van der Waals surface area contributed by atoms with Crippen LogP contribution in [0.4, 0.5) is 18.9 Å². The fourth-order valence-electron chi connectivity index (χ4n) is 1.73. The third-order valence-electron chi connectivity index (χ3n) is 2.46. The highest BCUT2D eigenvalue weighted by molar-refractivity contribution is 5.49. The molecule has 1 rings (SSSR count). The van der Waals surface area contributed by atoms with Gasteiger partial charge >= 0.3 is 6.18 Å². The first-order valence-electron chi connectivity index (χ1n) is 5.33. The molecular formula is C12H16F3NO. The molecule has 0 bridgehead atoms. The monoisotopic (exact) mass is 247 g/mol. The number of ether oxygens (including phenoxy) is 1. The number of benzene rings is 1. The van der Waals surface area contributed by atoms with Gasteiger partial charge in [-0.05, 0) is 31.5 Å². The molecular weight excluding hydrogens is 231 g/mol. The normalized spacial score (nSPS) is 13.5. The van der Waals surface area contributed by atoms with Crippen LogP contribution in [0.25, 0.3) is 0 Å². The predicted molar refractivity (Wildman–Crippen MR) is 61.1 cm³/mol. The number of halogens is 3. The van der Waals surface area contributed by atoms with Gasteiger partial charge in [0, 0.05) is 19.3 Å². The SMILES string of the molecule is CCN(c1cccc(C)c1)C(OC)C(F)(F)F. The summed E-state index contributed by atoms with van der Waals surface area (Å²) in [5.74, 6) is 0. The first kappa shape index (κ1) is 13.8. The molecule has 17 heavy (non-hydrogen) atoms. The first-order valence-corrected chi connectivity index (χ1v) is 5.33. The maximum atomic E-state index is 12.8. The summed E-state index contributed by atoms with van der Waals surface area (Å²) in [7, 11) is 1.07. The fraction of sp³-hybridized carbons (Fsp3) is 0.500. The summed E-state index contributed by atoms with van der Waals surface area (Å²) in [6.07, 6.45) is -6.32. The lowest BCUT2D eigenvalue weighted by molar-refractivity contribution is -0.212. The second-order valence-electron chi connectivity index (χ2n) is 3.75. The van der Waals surface area contributed by atoms with E-state index in [0.29, 0.717) is 5.69 Å². The summed E-state index contributed by atoms with van der Waals surface area (Å²) < 4.78 is 42.9. The minimum Gasteiger partial charge on any atom is -0.353 e. The standard InChI is InChI=1S/C12H16F3NO/c1-4-16(11(17-3)12(13,14)15)10-7-5-6-9(2)8-10/h5-8,11H,4H2,1-3H3. The third kappa shape index (κ3) is 3.36. The van der Waals surface area contributed by atoms with Crippen molar-refractivity contribution in [2.45, 2.75) is 26.3 Å². The molecule has 0 radical (unpaired) electrons. The van der Waals surface area contributed by atoms with Crippen molar-refractivity contribution in [3.8, 4) is 0 Å². The van der Waals surface area contributed by atoms with Crippen molar-refractivity contribution in [2.24, 2.45) is 0 Å². The Bertz CT molecular complexity index is 365. The molecule has 0 spiro atoms. The van der Waals surface area contributed by atoms with E-state index in [1.807, 2.05) is 13.0 Å². The highest BCUT2D eigenvalue weighted by atomic mass is 19.4. The second kappa shape index (κ2) is 5.40. The van der Waals surface area contributed by atoms with E-state index in [2.05, 4.69) is 4.74 Å². The molecule has 96 valence electrons. The van der Waals surface area contributed by atoms with Gasteiger partial charge in [0.25, 0.3) is 0 Å². The molecule has 0 fully saturated rings. The molecule has 0 saturated heterocycles. The van der Waals surface area contributed by atoms with Crippen molar-refractivity contribution >= 4 is 5.69 Å². The topological polar surface area (TPSA) is 12.5 Å². The van der Waals surface area contributed by atoms with Crippen molar-refractivity contribution in [3.63, 3.8) is 0 Å². The van der Waals surface area contributed by atoms with Gasteiger partial charge in [-0.25, -0.2) is 0 Å². The lowest BCUT2D eigenvalue weighted by atomic mass is 10.2. The second-order valence-corrected chi connectivity index (χ2v) is 3.75. The van der Waals surface area contributed by atoms with Gasteiger partial charge in [0.2, 0.25) is 6.23 Å². The van der Waals surface area contributed by atoms with Gasteiger partial charge in [0.15, 0.2) is 0 Å². The average molecular weight is 247 g/mol. The largest absolute Gasteiger partial charge is 0.433 e. The maximum absolute atomic E-state index is 12.8. The maximum Gasteiger partial charge on any atom is 0.433 e. The Morgan fingerprint density at radius 3 is 2.41 bits per heavy atom. The Morgan fingerprint density at radius 1 is 1.35 bits per heavy atom. The minimum absolute atomic E-state index is 0.224. The summed E-state index contributed by atoms with van der Waals surface area (Å²) in [6.45, 7) is 3.73. The van der Waals surface area contributed by atoms with Gasteiger partial charge in [-0.1, -0.05) is 12.1 Å². The molecule has 1 aromatic rings. The Labute approximate surface area is 99.0 Å². The van der Waals surface area contributed by atoms with Crippen LogP contribution < -0.4 is 4.90 Å². The molecule has 0 aromatic heterocycles. The molecule has 0 aliphatic rings. The van der Waals surface area contributed by atoms with E-state index in [1.165, 1.54) is 4.90 Å². The Morgan fingerprint density at radius 2 is 2.00 bits per heavy atom. The number of hydrogen-bond donors (Lipinski definition) is 0. The zero-order valence-electron chi connectivity index (χ0n) is 10.1. The zero-order chi connectivity index (χ0) is 13.1. The van der Waals surface area contributed by atoms with E-state index in [0.717, 1.165) is 12.7 Å². The van der Waals surface area contributed by atoms with E-state index in [-0.39, 0.29) is 6.54 Å². The number of anilines is 1. The van der Waals surface area contributed by atoms with E-state index < -0.39 is 12.4 Å². The van der Waals surface area contributed by atoms with Crippen molar-refractivity contribution < 1.29 is 17.9 Å². The fourth-order valence-corrected chi connectivity index (χ4v) is 1.73. The van der Waals surface area contributed by atoms with E-state index in [1.54, 1.807) is 25.1 Å². The zero-order valence-corrected chi connectivity index (χ0v) is 10.1. The van der Waals surface area contributed by atoms with Crippen LogP contribution in [0.15, 0.2) is 24.3 Å². The Hall–Kier alpha value is -1.23. The van der Waals surface area contributed by atoms with Crippen LogP contribution in [0.5, 0.6) is 0 Å². The molecule has 0 heterocycles. The van der Waals surface area contributed by atoms with Crippen molar-refractivity contribution in [1.29, 1.82) is 0 Å². The van der Waals surface area contributed by atoms with Gasteiger partial charge in [0.1, 0.15) is 0 Å². The van der Waals surface area contributed by atoms with Gasteiger partial charge in [0.05, 0.1) is 0 Å². The molecule has 0 N–H and O–H groups in total. The van der Waals surface area contributed by atoms with Gasteiger partial charge in [-0.3, -0.25) is 0 Å². The molecule has 0 aliphatic carbocycles. The lowest BCUT2D eigenvalue weighted by Crippen LogP contribution is -2.47. The summed E-state index contributed by atoms with van der Waals surface area (Å²) in [6, 6.07) is 6.93. The molecule has 5 heteroatoms. The van der Waals surface area contributed by atoms with E-state index >= 15 is 0 Å². The van der Waals surface area contributed by atoms with Gasteiger partial charge in [-0.15, -0.1) is 0 Å². The lowest BCUT2D eigenvalue weighted by Gasteiger charge is -2.32. The molecule has 2 nitrogen and oxygen atoms in total. The van der Waals surface area contributed by atoms with Crippen LogP contribution in [0.1, 0.15) is 12.5 Å². The number of aryl methyl sites for hydroxylation is 1. The number of rotatable bonds is 4. The Kier molecular flexibility index (Phi) is 4.40. The highest BCUT2D eigenvalue weighted by Crippen LogP contribution is 2.29. The molecule has 0 aliphatic heterocycles. The summed E-state index contributed by atoms with van der Waals surface area (Å²) in [5, 5.41) is 0. The number of hydrogen-bond acceptors (Lipinski definition) is 2. The van der Waals surface area contributed by atoms with Gasteiger partial charge in [-0.2, -0.15) is 13.2 Å². The molecule has 0 amide bonds. The van der Waals surface area contributed by atoms with Crippen molar-refractivity contribution in [1.82, 2.24) is 0 Å². The average Bonchev–Trinajstić information content (AvgIpc) is 2.23. The minimum atomic E-state index is -4.41. The summed E-state index contributed by atoms with van der Waals surface area (Å²) in [4.78, 5) is 1.19. The number of alkyl halides is 3. The Balaban J connectivity index is 3.05. The molecule has 0 saturated carbocycles. The smallest absolute Gasteiger partial charge is 0.353 e. The molecule has 1 atom stereocenters. The predicted octanol–water partition coefficient (Wildman–Crippen LogP) is 3.36. The van der Waals surface area contributed by atoms with Crippen LogP contribution >= 0.6 is 0 Å². The first-order chi connectivity index (χ1) is 7.90. The quantitative estimate of drug-likeness (QED) is 0.756. The van der Waals surface area contributed by atoms with Gasteiger partial charge < -0.3 is 9.64 Å². The van der Waals surface area contributed by atoms with Crippen molar-refractivity contribution in [2.75, 3.05) is 18.6 Å². The highest BCUT2D eigenvalue weighted by Gasteiger charge is 2.44. The molecule has 1 aromatic carbocycles. The van der Waals surface area contributed by atoms with Crippen LogP contribution in [0.3, 0.4) is 0 Å². The van der Waals surface area contributed by atoms with E-state index in [4.69, 9.17) is 0 Å². The molecule has 1 unspecified atom stereocenters. The van der Waals surface area contributed by atoms with Crippen LogP contribution in [-0.4, -0.2) is 26.1 Å². The summed E-state index contributed by atoms with van der Waals surface area (Å²) >= 11 is 0. The van der Waals surface area contributed by atoms with Crippen LogP contribution in [0, 0.1) is 6.92 Å². The van der Waals surface area contributed by atoms with Crippen molar-refractivity contribution in [3.05, 3.63) is 29.8 Å². The van der Waals surface area contributed by atoms with Crippen LogP contribution in [0.2, 0.25) is 0 Å². The van der Waals surface area contributed by atoms with Crippen LogP contribution in [-0.2, 0) is 4.74 Å².